The van der Waals surface area contributed by atoms with Crippen molar-refractivity contribution in [3.05, 3.63) is 35.5 Å². The van der Waals surface area contributed by atoms with E-state index >= 15 is 0 Å². The maximum atomic E-state index is 12.6. The first kappa shape index (κ1) is 10.6. The summed E-state index contributed by atoms with van der Waals surface area (Å²) in [6, 6.07) is 4.51. The van der Waals surface area contributed by atoms with Crippen molar-refractivity contribution in [2.75, 3.05) is 7.11 Å². The molecule has 0 fully saturated rings. The van der Waals surface area contributed by atoms with Crippen molar-refractivity contribution in [2.24, 2.45) is 0 Å². The number of alkyl halides is 2. The minimum atomic E-state index is -2.57. The molecule has 0 unspecified atom stereocenters. The molecule has 2 aromatic rings. The summed E-state index contributed by atoms with van der Waals surface area (Å²) in [5, 5.41) is 0.345. The number of H-pyrrole nitrogens is 1. The Bertz CT molecular complexity index is 534. The van der Waals surface area contributed by atoms with Crippen molar-refractivity contribution >= 4 is 16.9 Å². The summed E-state index contributed by atoms with van der Waals surface area (Å²) in [4.78, 5) is 14.0. The molecule has 0 amide bonds. The van der Waals surface area contributed by atoms with Crippen LogP contribution in [0.2, 0.25) is 0 Å². The molecule has 3 nitrogen and oxygen atoms in total. The second-order valence-electron chi connectivity index (χ2n) is 3.30. The number of aromatic amines is 1. The topological polar surface area (TPSA) is 42.1 Å². The fourth-order valence-corrected chi connectivity index (χ4v) is 1.57. The number of esters is 1. The Balaban J connectivity index is 2.58. The van der Waals surface area contributed by atoms with Crippen LogP contribution in [0.4, 0.5) is 8.78 Å². The second-order valence-corrected chi connectivity index (χ2v) is 3.30. The van der Waals surface area contributed by atoms with E-state index in [0.717, 1.165) is 0 Å². The van der Waals surface area contributed by atoms with Gasteiger partial charge in [0.1, 0.15) is 0 Å². The van der Waals surface area contributed by atoms with Gasteiger partial charge in [0, 0.05) is 22.7 Å². The van der Waals surface area contributed by atoms with Gasteiger partial charge in [-0.3, -0.25) is 0 Å². The van der Waals surface area contributed by atoms with Crippen LogP contribution in [0, 0.1) is 0 Å². The number of hydrogen-bond donors (Lipinski definition) is 1. The summed E-state index contributed by atoms with van der Waals surface area (Å²) in [5.74, 6) is -0.539. The molecular formula is C11H9F2NO2. The van der Waals surface area contributed by atoms with Gasteiger partial charge in [-0.2, -0.15) is 0 Å². The SMILES string of the molecule is COC(=O)c1ccc2[nH]cc(C(F)F)c2c1. The molecule has 1 heterocycles. The number of fused-ring (bicyclic) bond motifs is 1. The molecule has 5 heteroatoms. The molecule has 0 saturated carbocycles. The summed E-state index contributed by atoms with van der Waals surface area (Å²) < 4.78 is 29.7. The van der Waals surface area contributed by atoms with E-state index in [2.05, 4.69) is 9.72 Å². The van der Waals surface area contributed by atoms with Crippen molar-refractivity contribution < 1.29 is 18.3 Å². The van der Waals surface area contributed by atoms with Crippen LogP contribution in [-0.4, -0.2) is 18.1 Å². The van der Waals surface area contributed by atoms with Crippen molar-refractivity contribution in [1.29, 1.82) is 0 Å². The van der Waals surface area contributed by atoms with Crippen LogP contribution in [0.25, 0.3) is 10.9 Å². The number of carbonyl (C=O) groups excluding carboxylic acids is 1. The first-order chi connectivity index (χ1) is 7.63. The molecule has 1 aromatic carbocycles. The molecule has 1 aromatic heterocycles. The Labute approximate surface area is 90.0 Å². The molecule has 0 aliphatic carbocycles. The summed E-state index contributed by atoms with van der Waals surface area (Å²) >= 11 is 0. The molecule has 84 valence electrons. The average Bonchev–Trinajstić information content (AvgIpc) is 2.70. The lowest BCUT2D eigenvalue weighted by atomic mass is 10.1. The van der Waals surface area contributed by atoms with Crippen molar-refractivity contribution in [3.63, 3.8) is 0 Å². The minimum absolute atomic E-state index is 0.110. The Morgan fingerprint density at radius 1 is 1.44 bits per heavy atom. The average molecular weight is 225 g/mol. The molecule has 0 spiro atoms. The van der Waals surface area contributed by atoms with Crippen LogP contribution in [0.15, 0.2) is 24.4 Å². The zero-order valence-electron chi connectivity index (χ0n) is 8.46. The van der Waals surface area contributed by atoms with Crippen LogP contribution in [0.1, 0.15) is 22.3 Å². The van der Waals surface area contributed by atoms with E-state index in [1.807, 2.05) is 0 Å². The predicted octanol–water partition coefficient (Wildman–Crippen LogP) is 2.89. The molecule has 0 bridgehead atoms. The number of ether oxygens (including phenoxy) is 1. The zero-order valence-corrected chi connectivity index (χ0v) is 8.46. The Morgan fingerprint density at radius 2 is 2.19 bits per heavy atom. The molecule has 0 aliphatic rings. The van der Waals surface area contributed by atoms with Gasteiger partial charge < -0.3 is 9.72 Å². The van der Waals surface area contributed by atoms with Crippen LogP contribution in [0.3, 0.4) is 0 Å². The molecule has 0 radical (unpaired) electrons. The van der Waals surface area contributed by atoms with Gasteiger partial charge in [-0.15, -0.1) is 0 Å². The highest BCUT2D eigenvalue weighted by Gasteiger charge is 2.15. The third-order valence-electron chi connectivity index (χ3n) is 2.37. The molecule has 0 saturated heterocycles. The summed E-state index contributed by atoms with van der Waals surface area (Å²) in [5.41, 5.74) is 0.722. The number of methoxy groups -OCH3 is 1. The maximum absolute atomic E-state index is 12.6. The van der Waals surface area contributed by atoms with E-state index in [4.69, 9.17) is 0 Å². The largest absolute Gasteiger partial charge is 0.465 e. The van der Waals surface area contributed by atoms with Gasteiger partial charge >= 0.3 is 5.97 Å². The van der Waals surface area contributed by atoms with Gasteiger partial charge in [-0.25, -0.2) is 13.6 Å². The summed E-state index contributed by atoms with van der Waals surface area (Å²) in [6.45, 7) is 0. The van der Waals surface area contributed by atoms with E-state index in [1.165, 1.54) is 25.4 Å². The van der Waals surface area contributed by atoms with E-state index in [0.29, 0.717) is 10.9 Å². The van der Waals surface area contributed by atoms with Gasteiger partial charge in [-0.1, -0.05) is 0 Å². The number of hydrogen-bond acceptors (Lipinski definition) is 2. The van der Waals surface area contributed by atoms with Gasteiger partial charge in [-0.05, 0) is 18.2 Å². The van der Waals surface area contributed by atoms with Crippen molar-refractivity contribution in [2.45, 2.75) is 6.43 Å². The summed E-state index contributed by atoms with van der Waals surface area (Å²) in [7, 11) is 1.25. The van der Waals surface area contributed by atoms with Crippen molar-refractivity contribution in [3.8, 4) is 0 Å². The molecule has 16 heavy (non-hydrogen) atoms. The third-order valence-corrected chi connectivity index (χ3v) is 2.37. The Morgan fingerprint density at radius 3 is 2.81 bits per heavy atom. The molecular weight excluding hydrogens is 216 g/mol. The fourth-order valence-electron chi connectivity index (χ4n) is 1.57. The predicted molar refractivity (Wildman–Crippen MR) is 54.6 cm³/mol. The lowest BCUT2D eigenvalue weighted by molar-refractivity contribution is 0.0601. The smallest absolute Gasteiger partial charge is 0.337 e. The highest BCUT2D eigenvalue weighted by Crippen LogP contribution is 2.28. The number of carbonyl (C=O) groups is 1. The molecule has 0 atom stereocenters. The monoisotopic (exact) mass is 225 g/mol. The highest BCUT2D eigenvalue weighted by atomic mass is 19.3. The van der Waals surface area contributed by atoms with E-state index in [1.54, 1.807) is 6.07 Å². The number of nitrogens with one attached hydrogen (secondary N) is 1. The zero-order chi connectivity index (χ0) is 11.7. The van der Waals surface area contributed by atoms with E-state index < -0.39 is 12.4 Å². The third kappa shape index (κ3) is 1.64. The second kappa shape index (κ2) is 3.92. The van der Waals surface area contributed by atoms with Crippen LogP contribution in [-0.2, 0) is 4.74 Å². The lowest BCUT2D eigenvalue weighted by Crippen LogP contribution is -2.00. The van der Waals surface area contributed by atoms with Crippen LogP contribution >= 0.6 is 0 Å². The van der Waals surface area contributed by atoms with Crippen LogP contribution in [0.5, 0.6) is 0 Å². The number of rotatable bonds is 2. The van der Waals surface area contributed by atoms with E-state index in [-0.39, 0.29) is 11.1 Å². The lowest BCUT2D eigenvalue weighted by Gasteiger charge is -2.00. The van der Waals surface area contributed by atoms with E-state index in [9.17, 15) is 13.6 Å². The number of aromatic nitrogens is 1. The standard InChI is InChI=1S/C11H9F2NO2/c1-16-11(15)6-2-3-9-7(4-6)8(5-14-9)10(12)13/h2-5,10,14H,1H3. The van der Waals surface area contributed by atoms with Crippen LogP contribution < -0.4 is 0 Å². The van der Waals surface area contributed by atoms with Gasteiger partial charge in [0.05, 0.1) is 12.7 Å². The number of halogens is 2. The summed E-state index contributed by atoms with van der Waals surface area (Å²) in [6.07, 6.45) is -1.32. The molecule has 1 N–H and O–H groups in total. The normalized spacial score (nSPS) is 11.0. The minimum Gasteiger partial charge on any atom is -0.465 e. The fraction of sp³-hybridized carbons (Fsp3) is 0.182. The highest BCUT2D eigenvalue weighted by molar-refractivity contribution is 5.95. The quantitative estimate of drug-likeness (QED) is 0.798. The Kier molecular flexibility index (Phi) is 2.60. The number of benzene rings is 1. The molecule has 0 aliphatic heterocycles. The first-order valence-electron chi connectivity index (χ1n) is 4.61. The Hall–Kier alpha value is -1.91. The van der Waals surface area contributed by atoms with Gasteiger partial charge in [0.25, 0.3) is 6.43 Å². The molecule has 2 rings (SSSR count). The van der Waals surface area contributed by atoms with Crippen molar-refractivity contribution in [1.82, 2.24) is 4.98 Å². The maximum Gasteiger partial charge on any atom is 0.337 e. The first-order valence-corrected chi connectivity index (χ1v) is 4.61. The van der Waals surface area contributed by atoms with Gasteiger partial charge in [0.15, 0.2) is 0 Å². The van der Waals surface area contributed by atoms with Gasteiger partial charge in [0.2, 0.25) is 0 Å².